The fourth-order valence-corrected chi connectivity index (χ4v) is 2.14. The van der Waals surface area contributed by atoms with E-state index in [1.807, 2.05) is 12.5 Å². The summed E-state index contributed by atoms with van der Waals surface area (Å²) in [4.78, 5) is 12.8. The minimum Gasteiger partial charge on any atom is -0.370 e. The van der Waals surface area contributed by atoms with Crippen LogP contribution in [0.5, 0.6) is 0 Å². The highest BCUT2D eigenvalue weighted by atomic mass is 35.5. The smallest absolute Gasteiger partial charge is 0.135 e. The van der Waals surface area contributed by atoms with E-state index in [2.05, 4.69) is 24.8 Å². The molecule has 1 fully saturated rings. The average Bonchev–Trinajstić information content (AvgIpc) is 3.12. The molecular weight excluding hydrogens is 262 g/mol. The van der Waals surface area contributed by atoms with Crippen molar-refractivity contribution in [3.8, 4) is 0 Å². The molecule has 0 bridgehead atoms. The molecular formula is C13H16ClN5. The third-order valence-corrected chi connectivity index (χ3v) is 3.31. The van der Waals surface area contributed by atoms with Crippen LogP contribution in [0.15, 0.2) is 24.8 Å². The highest BCUT2D eigenvalue weighted by Crippen LogP contribution is 2.38. The third kappa shape index (κ3) is 3.44. The number of halogens is 1. The Hall–Kier alpha value is -1.62. The molecule has 1 N–H and O–H groups in total. The number of aromatic nitrogens is 4. The van der Waals surface area contributed by atoms with Crippen molar-refractivity contribution in [2.24, 2.45) is 0 Å². The number of hydrogen-bond acceptors (Lipinski definition) is 4. The zero-order valence-corrected chi connectivity index (χ0v) is 11.3. The first-order valence-corrected chi connectivity index (χ1v) is 6.93. The van der Waals surface area contributed by atoms with Gasteiger partial charge < -0.3 is 9.88 Å². The van der Waals surface area contributed by atoms with E-state index in [1.54, 1.807) is 12.3 Å². The molecule has 2 aromatic heterocycles. The van der Waals surface area contributed by atoms with Crippen molar-refractivity contribution in [3.63, 3.8) is 0 Å². The van der Waals surface area contributed by atoms with Crippen LogP contribution in [-0.2, 0) is 6.54 Å². The van der Waals surface area contributed by atoms with Crippen molar-refractivity contribution in [1.29, 1.82) is 0 Å². The Kier molecular flexibility index (Phi) is 3.64. The van der Waals surface area contributed by atoms with Crippen LogP contribution in [0.1, 0.15) is 31.0 Å². The topological polar surface area (TPSA) is 55.6 Å². The predicted molar refractivity (Wildman–Crippen MR) is 74.4 cm³/mol. The lowest BCUT2D eigenvalue weighted by atomic mass is 10.3. The number of hydrogen-bond donors (Lipinski definition) is 1. The number of anilines is 1. The Bertz CT molecular complexity index is 536. The van der Waals surface area contributed by atoms with E-state index in [0.717, 1.165) is 31.2 Å². The van der Waals surface area contributed by atoms with E-state index in [0.29, 0.717) is 11.1 Å². The molecule has 5 nitrogen and oxygen atoms in total. The van der Waals surface area contributed by atoms with Crippen LogP contribution in [0.25, 0.3) is 0 Å². The van der Waals surface area contributed by atoms with Crippen LogP contribution >= 0.6 is 11.6 Å². The molecule has 0 saturated heterocycles. The summed E-state index contributed by atoms with van der Waals surface area (Å²) >= 11 is 6.01. The Morgan fingerprint density at radius 2 is 2.26 bits per heavy atom. The molecule has 0 atom stereocenters. The number of nitrogens with one attached hydrogen (secondary N) is 1. The molecule has 0 aromatic carbocycles. The minimum absolute atomic E-state index is 0.519. The molecule has 0 amide bonds. The summed E-state index contributed by atoms with van der Waals surface area (Å²) in [5.74, 6) is 2.22. The van der Waals surface area contributed by atoms with Gasteiger partial charge in [0.25, 0.3) is 0 Å². The monoisotopic (exact) mass is 277 g/mol. The fraction of sp³-hybridized carbons (Fsp3) is 0.462. The molecule has 19 heavy (non-hydrogen) atoms. The van der Waals surface area contributed by atoms with Crippen molar-refractivity contribution in [2.45, 2.75) is 31.7 Å². The van der Waals surface area contributed by atoms with Gasteiger partial charge in [-0.2, -0.15) is 0 Å². The van der Waals surface area contributed by atoms with Gasteiger partial charge >= 0.3 is 0 Å². The van der Waals surface area contributed by atoms with Gasteiger partial charge in [0.05, 0.1) is 6.33 Å². The quantitative estimate of drug-likeness (QED) is 0.651. The van der Waals surface area contributed by atoms with Crippen LogP contribution < -0.4 is 5.32 Å². The van der Waals surface area contributed by atoms with Gasteiger partial charge in [0.15, 0.2) is 0 Å². The lowest BCUT2D eigenvalue weighted by Gasteiger charge is -2.08. The average molecular weight is 278 g/mol. The summed E-state index contributed by atoms with van der Waals surface area (Å²) in [6.45, 7) is 1.80. The zero-order valence-electron chi connectivity index (χ0n) is 10.6. The van der Waals surface area contributed by atoms with E-state index in [4.69, 9.17) is 11.6 Å². The van der Waals surface area contributed by atoms with Crippen molar-refractivity contribution >= 4 is 17.4 Å². The van der Waals surface area contributed by atoms with Crippen LogP contribution in [-0.4, -0.2) is 26.1 Å². The summed E-state index contributed by atoms with van der Waals surface area (Å²) < 4.78 is 2.06. The summed E-state index contributed by atoms with van der Waals surface area (Å²) in [5, 5.41) is 3.82. The molecule has 1 aliphatic carbocycles. The number of imidazole rings is 1. The van der Waals surface area contributed by atoms with Gasteiger partial charge in [-0.3, -0.25) is 0 Å². The first-order valence-electron chi connectivity index (χ1n) is 6.55. The molecule has 1 saturated carbocycles. The van der Waals surface area contributed by atoms with Gasteiger partial charge in [-0.15, -0.1) is 0 Å². The Morgan fingerprint density at radius 1 is 1.37 bits per heavy atom. The Balaban J connectivity index is 1.51. The first kappa shape index (κ1) is 12.4. The summed E-state index contributed by atoms with van der Waals surface area (Å²) in [7, 11) is 0. The van der Waals surface area contributed by atoms with Crippen LogP contribution in [0.4, 0.5) is 5.82 Å². The van der Waals surface area contributed by atoms with E-state index in [1.165, 1.54) is 12.8 Å². The number of rotatable bonds is 6. The van der Waals surface area contributed by atoms with Gasteiger partial charge in [0.2, 0.25) is 0 Å². The number of nitrogens with zero attached hydrogens (tertiary/aromatic N) is 4. The molecule has 1 aliphatic rings. The molecule has 6 heteroatoms. The number of aryl methyl sites for hydroxylation is 1. The third-order valence-electron chi connectivity index (χ3n) is 3.11. The second-order valence-corrected chi connectivity index (χ2v) is 5.18. The molecule has 0 radical (unpaired) electrons. The zero-order chi connectivity index (χ0) is 13.1. The fourth-order valence-electron chi connectivity index (χ4n) is 1.95. The molecule has 0 unspecified atom stereocenters. The highest BCUT2D eigenvalue weighted by Gasteiger charge is 2.27. The van der Waals surface area contributed by atoms with E-state index in [9.17, 15) is 0 Å². The maximum absolute atomic E-state index is 6.01. The largest absolute Gasteiger partial charge is 0.370 e. The van der Waals surface area contributed by atoms with Crippen LogP contribution in [0.3, 0.4) is 0 Å². The van der Waals surface area contributed by atoms with E-state index >= 15 is 0 Å². The lowest BCUT2D eigenvalue weighted by molar-refractivity contribution is 0.659. The normalized spacial score (nSPS) is 14.6. The van der Waals surface area contributed by atoms with Gasteiger partial charge in [0, 0.05) is 37.5 Å². The molecule has 2 heterocycles. The lowest BCUT2D eigenvalue weighted by Crippen LogP contribution is -2.08. The molecule has 2 aromatic rings. The molecule has 0 aliphatic heterocycles. The van der Waals surface area contributed by atoms with E-state index < -0.39 is 0 Å². The van der Waals surface area contributed by atoms with Crippen molar-refractivity contribution in [2.75, 3.05) is 11.9 Å². The van der Waals surface area contributed by atoms with Crippen molar-refractivity contribution in [3.05, 3.63) is 35.8 Å². The first-order chi connectivity index (χ1) is 9.31. The van der Waals surface area contributed by atoms with Gasteiger partial charge in [0.1, 0.15) is 16.8 Å². The molecule has 3 rings (SSSR count). The maximum atomic E-state index is 6.01. The summed E-state index contributed by atoms with van der Waals surface area (Å²) in [6, 6.07) is 1.78. The Morgan fingerprint density at radius 3 is 3.00 bits per heavy atom. The van der Waals surface area contributed by atoms with Crippen molar-refractivity contribution < 1.29 is 0 Å². The van der Waals surface area contributed by atoms with Crippen molar-refractivity contribution in [1.82, 2.24) is 19.5 Å². The summed E-state index contributed by atoms with van der Waals surface area (Å²) in [5.41, 5.74) is 0. The highest BCUT2D eigenvalue weighted by molar-refractivity contribution is 6.29. The van der Waals surface area contributed by atoms with Gasteiger partial charge in [-0.25, -0.2) is 15.0 Å². The van der Waals surface area contributed by atoms with Gasteiger partial charge in [-0.05, 0) is 19.3 Å². The van der Waals surface area contributed by atoms with Gasteiger partial charge in [-0.1, -0.05) is 11.6 Å². The second kappa shape index (κ2) is 5.57. The van der Waals surface area contributed by atoms with E-state index in [-0.39, 0.29) is 0 Å². The molecule has 0 spiro atoms. The predicted octanol–water partition coefficient (Wildman–Crippen LogP) is 2.71. The minimum atomic E-state index is 0.519. The Labute approximate surface area is 117 Å². The summed E-state index contributed by atoms with van der Waals surface area (Å²) in [6.07, 6.45) is 8.95. The SMILES string of the molecule is Clc1cc(NCCCn2ccnc2)nc(C2CC2)n1. The molecule has 100 valence electrons. The standard InChI is InChI=1S/C13H16ClN5/c14-11-8-12(18-13(17-11)10-2-3-10)16-4-1-6-19-7-5-15-9-19/h5,7-10H,1-4,6H2,(H,16,17,18). The van der Waals surface area contributed by atoms with Crippen LogP contribution in [0, 0.1) is 0 Å². The maximum Gasteiger partial charge on any atom is 0.135 e. The second-order valence-electron chi connectivity index (χ2n) is 4.79. The van der Waals surface area contributed by atoms with Crippen LogP contribution in [0.2, 0.25) is 5.15 Å².